The van der Waals surface area contributed by atoms with Crippen LogP contribution in [0.4, 0.5) is 4.39 Å². The van der Waals surface area contributed by atoms with Gasteiger partial charge in [0.05, 0.1) is 18.8 Å². The van der Waals surface area contributed by atoms with Crippen LogP contribution in [-0.4, -0.2) is 46.0 Å². The predicted molar refractivity (Wildman–Crippen MR) is 124 cm³/mol. The normalized spacial score (nSPS) is 24.6. The number of alkyl halides is 1. The van der Waals surface area contributed by atoms with Crippen LogP contribution < -0.4 is 20.9 Å². The molecule has 1 fully saturated rings. The number of ether oxygens (including phenoxy) is 2. The van der Waals surface area contributed by atoms with Gasteiger partial charge in [-0.15, -0.1) is 0 Å². The van der Waals surface area contributed by atoms with Crippen molar-refractivity contribution in [3.63, 3.8) is 0 Å². The molecule has 1 aromatic carbocycles. The highest BCUT2D eigenvalue weighted by molar-refractivity contribution is 7.52. The molecule has 0 amide bonds. The summed E-state index contributed by atoms with van der Waals surface area (Å²) >= 11 is 0. The monoisotopic (exact) mass is 513 g/mol. The Hall–Kier alpha value is -2.79. The van der Waals surface area contributed by atoms with Crippen molar-refractivity contribution in [2.45, 2.75) is 64.3 Å². The lowest BCUT2D eigenvalue weighted by atomic mass is 10.0. The van der Waals surface area contributed by atoms with Crippen molar-refractivity contribution < 1.29 is 32.3 Å². The molecule has 2 heterocycles. The molecule has 1 unspecified atom stereocenters. The number of carbonyl (C=O) groups is 1. The van der Waals surface area contributed by atoms with Crippen molar-refractivity contribution in [3.8, 4) is 5.75 Å². The van der Waals surface area contributed by atoms with Gasteiger partial charge in [-0.1, -0.05) is 18.2 Å². The summed E-state index contributed by atoms with van der Waals surface area (Å²) in [4.78, 5) is 37.7. The zero-order valence-corrected chi connectivity index (χ0v) is 20.7. The second-order valence-corrected chi connectivity index (χ2v) is 10.3. The Bertz CT molecular complexity index is 1180. The number of nitrogens with one attached hydrogen (secondary N) is 2. The van der Waals surface area contributed by atoms with E-state index in [0.717, 1.165) is 16.8 Å². The molecule has 2 aromatic rings. The number of hydrogen-bond acceptors (Lipinski definition) is 8. The van der Waals surface area contributed by atoms with Crippen LogP contribution in [0.5, 0.6) is 5.75 Å². The Labute approximate surface area is 201 Å². The van der Waals surface area contributed by atoms with E-state index >= 15 is 4.39 Å². The highest BCUT2D eigenvalue weighted by Gasteiger charge is 2.48. The van der Waals surface area contributed by atoms with E-state index in [2.05, 4.69) is 10.1 Å². The predicted octanol–water partition coefficient (Wildman–Crippen LogP) is 2.69. The second-order valence-electron chi connectivity index (χ2n) is 8.64. The van der Waals surface area contributed by atoms with E-state index in [4.69, 9.17) is 18.5 Å². The average molecular weight is 513 g/mol. The van der Waals surface area contributed by atoms with Gasteiger partial charge in [0.25, 0.3) is 5.56 Å². The summed E-state index contributed by atoms with van der Waals surface area (Å²) < 4.78 is 51.7. The van der Waals surface area contributed by atoms with Crippen molar-refractivity contribution in [3.05, 3.63) is 63.4 Å². The largest absolute Gasteiger partial charge is 0.462 e. The molecule has 1 saturated heterocycles. The lowest BCUT2D eigenvalue weighted by Gasteiger charge is -2.24. The van der Waals surface area contributed by atoms with Gasteiger partial charge in [-0.05, 0) is 39.8 Å². The number of hydrogen-bond donors (Lipinski definition) is 2. The zero-order chi connectivity index (χ0) is 25.8. The molecular formula is C22H29FN3O8P. The number of aromatic nitrogens is 2. The number of halogens is 1. The first-order chi connectivity index (χ1) is 16.4. The van der Waals surface area contributed by atoms with E-state index in [0.29, 0.717) is 0 Å². The van der Waals surface area contributed by atoms with Gasteiger partial charge < -0.3 is 14.0 Å². The maximum absolute atomic E-state index is 15.3. The van der Waals surface area contributed by atoms with Crippen molar-refractivity contribution in [1.82, 2.24) is 14.6 Å². The van der Waals surface area contributed by atoms with Crippen LogP contribution in [0, 0.1) is 0 Å². The Kier molecular flexibility index (Phi) is 8.32. The Balaban J connectivity index is 1.75. The fraction of sp³-hybridized carbons (Fsp3) is 0.500. The Morgan fingerprint density at radius 1 is 1.29 bits per heavy atom. The fourth-order valence-electron chi connectivity index (χ4n) is 3.50. The molecule has 35 heavy (non-hydrogen) atoms. The smallest absolute Gasteiger partial charge is 0.459 e. The maximum atomic E-state index is 15.3. The summed E-state index contributed by atoms with van der Waals surface area (Å²) in [6, 6.07) is 8.20. The van der Waals surface area contributed by atoms with Crippen LogP contribution in [0.2, 0.25) is 0 Å². The van der Waals surface area contributed by atoms with Gasteiger partial charge >= 0.3 is 19.4 Å². The average Bonchev–Trinajstić information content (AvgIpc) is 3.06. The third-order valence-electron chi connectivity index (χ3n) is 5.02. The number of esters is 1. The van der Waals surface area contributed by atoms with Crippen LogP contribution in [0.3, 0.4) is 0 Å². The summed E-state index contributed by atoms with van der Waals surface area (Å²) in [7, 11) is -4.17. The molecule has 0 saturated carbocycles. The zero-order valence-electron chi connectivity index (χ0n) is 19.8. The van der Waals surface area contributed by atoms with Crippen LogP contribution in [-0.2, 0) is 23.4 Å². The number of carbonyl (C=O) groups excluding carboxylic acids is 1. The van der Waals surface area contributed by atoms with Crippen LogP contribution >= 0.6 is 7.75 Å². The molecule has 5 atom stereocenters. The number of para-hydroxylation sites is 1. The first-order valence-electron chi connectivity index (χ1n) is 11.0. The van der Waals surface area contributed by atoms with Gasteiger partial charge in [0.15, 0.2) is 11.9 Å². The van der Waals surface area contributed by atoms with E-state index in [9.17, 15) is 18.9 Å². The number of benzene rings is 1. The Morgan fingerprint density at radius 2 is 1.97 bits per heavy atom. The van der Waals surface area contributed by atoms with Gasteiger partial charge in [-0.25, -0.2) is 13.8 Å². The molecule has 1 aliphatic rings. The topological polar surface area (TPSA) is 138 Å². The van der Waals surface area contributed by atoms with E-state index in [1.165, 1.54) is 13.8 Å². The lowest BCUT2D eigenvalue weighted by Crippen LogP contribution is -2.38. The first kappa shape index (κ1) is 26.8. The minimum absolute atomic E-state index is 0.195. The summed E-state index contributed by atoms with van der Waals surface area (Å²) in [5, 5.41) is 2.54. The number of aromatic amines is 1. The third-order valence-corrected chi connectivity index (χ3v) is 6.67. The van der Waals surface area contributed by atoms with Crippen molar-refractivity contribution in [2.75, 3.05) is 6.61 Å². The molecule has 0 radical (unpaired) electrons. The third kappa shape index (κ3) is 7.11. The molecule has 0 aliphatic carbocycles. The molecule has 0 bridgehead atoms. The molecule has 192 valence electrons. The maximum Gasteiger partial charge on any atom is 0.459 e. The van der Waals surface area contributed by atoms with Gasteiger partial charge in [-0.2, -0.15) is 5.09 Å². The standard InChI is InChI=1S/C22H29FN3O8P/c1-14(2)32-19(28)15(3)25-35(30,34-16-8-6-5-7-9-16)31-13-17-12-22(4,23)20(33-17)26-11-10-18(27)24-21(26)29/h5-11,14-15,17,20H,12-13H2,1-4H3,(H,25,30)(H,24,27,29)/t15-,17-,20+,22+,35?/m0/s1. The summed E-state index contributed by atoms with van der Waals surface area (Å²) in [5.41, 5.74) is -3.45. The van der Waals surface area contributed by atoms with Crippen LogP contribution in [0.25, 0.3) is 0 Å². The number of nitrogens with zero attached hydrogens (tertiary/aromatic N) is 1. The second kappa shape index (κ2) is 10.9. The molecule has 1 aliphatic heterocycles. The minimum atomic E-state index is -4.17. The summed E-state index contributed by atoms with van der Waals surface area (Å²) in [5.74, 6) is -0.445. The summed E-state index contributed by atoms with van der Waals surface area (Å²) in [6.07, 6.45) is -1.70. The van der Waals surface area contributed by atoms with E-state index < -0.39 is 49.0 Å². The molecule has 0 spiro atoms. The minimum Gasteiger partial charge on any atom is -0.462 e. The SMILES string of the molecule is CC(C)OC(=O)[C@H](C)NP(=O)(OC[C@@H]1C[C@@](C)(F)[C@H](n2ccc(=O)[nH]c2=O)O1)Oc1ccccc1. The first-order valence-corrected chi connectivity index (χ1v) is 12.6. The molecule has 3 rings (SSSR count). The van der Waals surface area contributed by atoms with Gasteiger partial charge in [0.2, 0.25) is 0 Å². The molecule has 1 aromatic heterocycles. The van der Waals surface area contributed by atoms with Gasteiger partial charge in [0, 0.05) is 18.7 Å². The van der Waals surface area contributed by atoms with Crippen molar-refractivity contribution in [2.24, 2.45) is 0 Å². The lowest BCUT2D eigenvalue weighted by molar-refractivity contribution is -0.149. The quantitative estimate of drug-likeness (QED) is 0.363. The highest BCUT2D eigenvalue weighted by atomic mass is 31.2. The van der Waals surface area contributed by atoms with Crippen LogP contribution in [0.1, 0.15) is 40.3 Å². The molecule has 2 N–H and O–H groups in total. The van der Waals surface area contributed by atoms with Gasteiger partial charge in [0.1, 0.15) is 11.8 Å². The van der Waals surface area contributed by atoms with Crippen molar-refractivity contribution >= 4 is 13.7 Å². The molecule has 13 heteroatoms. The van der Waals surface area contributed by atoms with E-state index in [-0.39, 0.29) is 24.9 Å². The highest BCUT2D eigenvalue weighted by Crippen LogP contribution is 2.47. The fourth-order valence-corrected chi connectivity index (χ4v) is 5.02. The summed E-state index contributed by atoms with van der Waals surface area (Å²) in [6.45, 7) is 5.67. The van der Waals surface area contributed by atoms with Crippen LogP contribution in [0.15, 0.2) is 52.2 Å². The van der Waals surface area contributed by atoms with Crippen molar-refractivity contribution in [1.29, 1.82) is 0 Å². The number of rotatable bonds is 10. The Morgan fingerprint density at radius 3 is 2.60 bits per heavy atom. The molecule has 11 nitrogen and oxygen atoms in total. The van der Waals surface area contributed by atoms with E-state index in [1.54, 1.807) is 44.2 Å². The molecular weight excluding hydrogens is 484 g/mol. The van der Waals surface area contributed by atoms with E-state index in [1.807, 2.05) is 0 Å². The number of H-pyrrole nitrogens is 1. The van der Waals surface area contributed by atoms with Gasteiger partial charge in [-0.3, -0.25) is 23.7 Å².